The third-order valence-corrected chi connectivity index (χ3v) is 6.05. The van der Waals surface area contributed by atoms with E-state index in [1.807, 2.05) is 5.38 Å². The van der Waals surface area contributed by atoms with Crippen LogP contribution in [0.2, 0.25) is 0 Å². The number of ether oxygens (including phenoxy) is 1. The quantitative estimate of drug-likeness (QED) is 0.307. The van der Waals surface area contributed by atoms with Gasteiger partial charge in [-0.2, -0.15) is 5.10 Å². The van der Waals surface area contributed by atoms with Gasteiger partial charge in [0.25, 0.3) is 5.91 Å². The van der Waals surface area contributed by atoms with Crippen LogP contribution in [0.1, 0.15) is 35.7 Å². The summed E-state index contributed by atoms with van der Waals surface area (Å²) in [4.78, 5) is 17.0. The molecule has 0 aliphatic heterocycles. The largest absolute Gasteiger partial charge is 0.507 e. The zero-order valence-electron chi connectivity index (χ0n) is 17.6. The second-order valence-electron chi connectivity index (χ2n) is 6.84. The monoisotopic (exact) mass is 518 g/mol. The lowest BCUT2D eigenvalue weighted by Gasteiger charge is -2.08. The van der Waals surface area contributed by atoms with E-state index < -0.39 is 5.91 Å². The van der Waals surface area contributed by atoms with Crippen molar-refractivity contribution in [3.63, 3.8) is 0 Å². The number of nitrogens with zero attached hydrogens (tertiary/aromatic N) is 3. The van der Waals surface area contributed by atoms with Crippen LogP contribution >= 0.6 is 27.3 Å². The topological polar surface area (TPSA) is 122 Å². The Morgan fingerprint density at radius 3 is 2.78 bits per heavy atom. The van der Waals surface area contributed by atoms with E-state index in [-0.39, 0.29) is 17.1 Å². The molecule has 2 aromatic carbocycles. The number of carbonyl (C=O) groups is 1. The fourth-order valence-electron chi connectivity index (χ4n) is 2.89. The first-order chi connectivity index (χ1) is 15.3. The van der Waals surface area contributed by atoms with E-state index in [0.717, 1.165) is 12.8 Å². The Morgan fingerprint density at radius 2 is 2.09 bits per heavy atom. The molecule has 0 bridgehead atoms. The number of benzene rings is 2. The maximum Gasteiger partial charge on any atom is 0.252 e. The number of hydrogen-bond donors (Lipinski definition) is 3. The molecule has 168 valence electrons. The molecule has 32 heavy (non-hydrogen) atoms. The van der Waals surface area contributed by atoms with Gasteiger partial charge in [-0.1, -0.05) is 13.3 Å². The van der Waals surface area contributed by atoms with Gasteiger partial charge in [-0.3, -0.25) is 9.79 Å². The van der Waals surface area contributed by atoms with E-state index in [1.165, 1.54) is 30.6 Å². The van der Waals surface area contributed by atoms with Crippen LogP contribution in [-0.4, -0.2) is 40.7 Å². The van der Waals surface area contributed by atoms with Crippen LogP contribution in [-0.2, 0) is 0 Å². The minimum atomic E-state index is -0.719. The molecule has 3 rings (SSSR count). The summed E-state index contributed by atoms with van der Waals surface area (Å²) >= 11 is 4.73. The number of unbranched alkanes of at least 4 members (excludes halogenated alkanes) is 1. The highest BCUT2D eigenvalue weighted by atomic mass is 79.9. The fourth-order valence-corrected chi connectivity index (χ4v) is 4.22. The number of methoxy groups -OCH3 is 1. The predicted octanol–water partition coefficient (Wildman–Crippen LogP) is 4.08. The molecule has 3 aromatic rings. The molecule has 0 aliphatic rings. The SMILES string of the molecule is CCCCN=c1scc(-c2ccc(O)c(C(N)=O)c2)n1/N=C/c1cc(Br)c(O)c(OC)c1. The Hall–Kier alpha value is -3.11. The standard InChI is InChI=1S/C22H23BrN4O4S/c1-3-4-7-25-22-27(26-11-13-8-16(23)20(29)19(9-13)31-2)17(12-32-22)14-5-6-18(28)15(10-14)21(24)30/h5-6,8-12,28-29H,3-4,7H2,1-2H3,(H2,24,30)/b25-22?,26-11+. The van der Waals surface area contributed by atoms with Crippen LogP contribution in [0.3, 0.4) is 0 Å². The van der Waals surface area contributed by atoms with Gasteiger partial charge in [-0.15, -0.1) is 11.3 Å². The van der Waals surface area contributed by atoms with Crippen LogP contribution in [0.5, 0.6) is 17.2 Å². The number of aromatic nitrogens is 1. The smallest absolute Gasteiger partial charge is 0.252 e. The van der Waals surface area contributed by atoms with Crippen molar-refractivity contribution in [2.75, 3.05) is 13.7 Å². The van der Waals surface area contributed by atoms with Gasteiger partial charge in [0.15, 0.2) is 11.5 Å². The van der Waals surface area contributed by atoms with E-state index in [4.69, 9.17) is 10.5 Å². The summed E-state index contributed by atoms with van der Waals surface area (Å²) in [7, 11) is 1.47. The van der Waals surface area contributed by atoms with Crippen LogP contribution < -0.4 is 15.3 Å². The highest BCUT2D eigenvalue weighted by Gasteiger charge is 2.13. The Balaban J connectivity index is 2.11. The van der Waals surface area contributed by atoms with Crippen molar-refractivity contribution in [1.82, 2.24) is 4.68 Å². The number of halogens is 1. The number of phenols is 2. The molecule has 0 aliphatic carbocycles. The van der Waals surface area contributed by atoms with Gasteiger partial charge in [-0.25, -0.2) is 4.68 Å². The zero-order valence-corrected chi connectivity index (χ0v) is 20.0. The Morgan fingerprint density at radius 1 is 1.31 bits per heavy atom. The van der Waals surface area contributed by atoms with Crippen molar-refractivity contribution in [1.29, 1.82) is 0 Å². The van der Waals surface area contributed by atoms with Crippen molar-refractivity contribution in [3.8, 4) is 28.5 Å². The molecule has 4 N–H and O–H groups in total. The molecular weight excluding hydrogens is 496 g/mol. The first kappa shape index (κ1) is 23.6. The van der Waals surface area contributed by atoms with Gasteiger partial charge >= 0.3 is 0 Å². The number of nitrogens with two attached hydrogens (primary N) is 1. The molecule has 0 atom stereocenters. The van der Waals surface area contributed by atoms with Gasteiger partial charge in [0, 0.05) is 17.5 Å². The second kappa shape index (κ2) is 10.5. The van der Waals surface area contributed by atoms with Gasteiger partial charge in [-0.05, 0) is 58.2 Å². The normalized spacial score (nSPS) is 11.9. The third-order valence-electron chi connectivity index (χ3n) is 4.59. The number of thiazole rings is 1. The Labute approximate surface area is 197 Å². The molecule has 0 radical (unpaired) electrons. The summed E-state index contributed by atoms with van der Waals surface area (Å²) < 4.78 is 7.35. The lowest BCUT2D eigenvalue weighted by Crippen LogP contribution is -2.14. The van der Waals surface area contributed by atoms with Crippen LogP contribution in [0.15, 0.2) is 50.3 Å². The van der Waals surface area contributed by atoms with Crippen molar-refractivity contribution < 1.29 is 19.7 Å². The minimum absolute atomic E-state index is 0.00635. The minimum Gasteiger partial charge on any atom is -0.507 e. The van der Waals surface area contributed by atoms with Gasteiger partial charge < -0.3 is 20.7 Å². The number of rotatable bonds is 8. The van der Waals surface area contributed by atoms with Gasteiger partial charge in [0.1, 0.15) is 5.75 Å². The van der Waals surface area contributed by atoms with Gasteiger partial charge in [0.05, 0.1) is 29.1 Å². The second-order valence-corrected chi connectivity index (χ2v) is 8.54. The zero-order chi connectivity index (χ0) is 23.3. The van der Waals surface area contributed by atoms with E-state index in [0.29, 0.717) is 38.4 Å². The number of phenolic OH excluding ortho intramolecular Hbond substituents is 1. The molecule has 0 spiro atoms. The van der Waals surface area contributed by atoms with E-state index in [2.05, 4.69) is 32.9 Å². The molecular formula is C22H23BrN4O4S. The van der Waals surface area contributed by atoms with Gasteiger partial charge in [0.2, 0.25) is 4.80 Å². The first-order valence-electron chi connectivity index (χ1n) is 9.80. The molecule has 1 amide bonds. The highest BCUT2D eigenvalue weighted by molar-refractivity contribution is 9.10. The molecule has 1 heterocycles. The molecule has 0 saturated carbocycles. The maximum absolute atomic E-state index is 11.7. The van der Waals surface area contributed by atoms with Crippen molar-refractivity contribution in [2.45, 2.75) is 19.8 Å². The average Bonchev–Trinajstić information content (AvgIpc) is 3.17. The van der Waals surface area contributed by atoms with Crippen molar-refractivity contribution in [3.05, 3.63) is 56.1 Å². The van der Waals surface area contributed by atoms with E-state index in [9.17, 15) is 15.0 Å². The number of primary amides is 1. The van der Waals surface area contributed by atoms with Crippen molar-refractivity contribution >= 4 is 39.4 Å². The van der Waals surface area contributed by atoms with Crippen LogP contribution in [0.25, 0.3) is 11.3 Å². The lowest BCUT2D eigenvalue weighted by molar-refractivity contribution is 0.0998. The summed E-state index contributed by atoms with van der Waals surface area (Å²) in [5, 5.41) is 26.4. The summed E-state index contributed by atoms with van der Waals surface area (Å²) in [5.41, 5.74) is 7.46. The van der Waals surface area contributed by atoms with Crippen molar-refractivity contribution in [2.24, 2.45) is 15.8 Å². The first-order valence-corrected chi connectivity index (χ1v) is 11.5. The number of carbonyl (C=O) groups excluding carboxylic acids is 1. The molecule has 10 heteroatoms. The summed E-state index contributed by atoms with van der Waals surface area (Å²) in [5.74, 6) is -0.579. The Bertz CT molecular complexity index is 1230. The Kier molecular flexibility index (Phi) is 7.70. The average molecular weight is 519 g/mol. The number of aromatic hydroxyl groups is 2. The molecule has 1 aromatic heterocycles. The lowest BCUT2D eigenvalue weighted by atomic mass is 10.1. The van der Waals surface area contributed by atoms with Crippen LogP contribution in [0.4, 0.5) is 0 Å². The molecule has 0 fully saturated rings. The van der Waals surface area contributed by atoms with E-state index >= 15 is 0 Å². The highest BCUT2D eigenvalue weighted by Crippen LogP contribution is 2.34. The summed E-state index contributed by atoms with van der Waals surface area (Å²) in [6, 6.07) is 8.02. The fraction of sp³-hybridized carbons (Fsp3) is 0.227. The summed E-state index contributed by atoms with van der Waals surface area (Å²) in [6.07, 6.45) is 3.59. The predicted molar refractivity (Wildman–Crippen MR) is 129 cm³/mol. The molecule has 0 unspecified atom stereocenters. The molecule has 8 nitrogen and oxygen atoms in total. The van der Waals surface area contributed by atoms with E-state index in [1.54, 1.807) is 29.1 Å². The maximum atomic E-state index is 11.7. The van der Waals surface area contributed by atoms with Crippen LogP contribution in [0, 0.1) is 0 Å². The number of amides is 1. The summed E-state index contributed by atoms with van der Waals surface area (Å²) in [6.45, 7) is 2.76. The molecule has 0 saturated heterocycles. The number of hydrogen-bond acceptors (Lipinski definition) is 7. The third kappa shape index (κ3) is 5.20.